The fraction of sp³-hybridized carbons (Fsp3) is 0.136. The Morgan fingerprint density at radius 3 is 2.48 bits per heavy atom. The SMILES string of the molecule is CCCOc1ccc(C=c2sc3nc(C=Cc4ccc(F)cc4)nn3c2=O)cc1. The van der Waals surface area contributed by atoms with Crippen LogP contribution in [0.3, 0.4) is 0 Å². The minimum absolute atomic E-state index is 0.203. The molecule has 4 rings (SSSR count). The molecule has 5 nitrogen and oxygen atoms in total. The van der Waals surface area contributed by atoms with Crippen molar-refractivity contribution < 1.29 is 9.13 Å². The third-order valence-corrected chi connectivity index (χ3v) is 5.10. The van der Waals surface area contributed by atoms with Crippen LogP contribution in [0.2, 0.25) is 0 Å². The number of hydrogen-bond acceptors (Lipinski definition) is 5. The van der Waals surface area contributed by atoms with E-state index in [9.17, 15) is 9.18 Å². The molecule has 0 spiro atoms. The van der Waals surface area contributed by atoms with E-state index in [2.05, 4.69) is 17.0 Å². The number of rotatable bonds is 6. The molecule has 0 aliphatic rings. The minimum Gasteiger partial charge on any atom is -0.494 e. The Morgan fingerprint density at radius 2 is 1.79 bits per heavy atom. The van der Waals surface area contributed by atoms with Gasteiger partial charge in [0.1, 0.15) is 11.6 Å². The lowest BCUT2D eigenvalue weighted by molar-refractivity contribution is 0.317. The zero-order chi connectivity index (χ0) is 20.2. The number of hydrogen-bond donors (Lipinski definition) is 0. The maximum Gasteiger partial charge on any atom is 0.291 e. The Hall–Kier alpha value is -3.32. The van der Waals surface area contributed by atoms with Crippen molar-refractivity contribution in [2.24, 2.45) is 0 Å². The van der Waals surface area contributed by atoms with Gasteiger partial charge in [-0.2, -0.15) is 9.50 Å². The van der Waals surface area contributed by atoms with E-state index in [4.69, 9.17) is 4.74 Å². The molecule has 2 heterocycles. The van der Waals surface area contributed by atoms with Gasteiger partial charge in [-0.3, -0.25) is 4.79 Å². The smallest absolute Gasteiger partial charge is 0.291 e. The van der Waals surface area contributed by atoms with E-state index in [1.807, 2.05) is 30.3 Å². The molecule has 0 radical (unpaired) electrons. The van der Waals surface area contributed by atoms with Crippen LogP contribution in [0.25, 0.3) is 23.2 Å². The molecule has 0 aliphatic heterocycles. The van der Waals surface area contributed by atoms with Gasteiger partial charge in [0.15, 0.2) is 5.82 Å². The molecule has 2 aromatic carbocycles. The number of ether oxygens (including phenoxy) is 1. The molecule has 7 heteroatoms. The van der Waals surface area contributed by atoms with Crippen LogP contribution in [-0.2, 0) is 0 Å². The van der Waals surface area contributed by atoms with Gasteiger partial charge in [0.25, 0.3) is 5.56 Å². The average molecular weight is 407 g/mol. The molecule has 0 unspecified atom stereocenters. The van der Waals surface area contributed by atoms with Gasteiger partial charge in [-0.15, -0.1) is 5.10 Å². The Kier molecular flexibility index (Phi) is 5.48. The summed E-state index contributed by atoms with van der Waals surface area (Å²) in [6, 6.07) is 13.7. The summed E-state index contributed by atoms with van der Waals surface area (Å²) in [5, 5.41) is 4.26. The summed E-state index contributed by atoms with van der Waals surface area (Å²) < 4.78 is 20.4. The van der Waals surface area contributed by atoms with E-state index in [1.165, 1.54) is 28.0 Å². The van der Waals surface area contributed by atoms with Crippen molar-refractivity contribution in [1.82, 2.24) is 14.6 Å². The Labute approximate surface area is 170 Å². The van der Waals surface area contributed by atoms with E-state index in [0.717, 1.165) is 23.3 Å². The van der Waals surface area contributed by atoms with Gasteiger partial charge in [-0.1, -0.05) is 48.6 Å². The highest BCUT2D eigenvalue weighted by Gasteiger charge is 2.08. The average Bonchev–Trinajstić information content (AvgIpc) is 3.26. The minimum atomic E-state index is -0.286. The summed E-state index contributed by atoms with van der Waals surface area (Å²) in [7, 11) is 0. The van der Waals surface area contributed by atoms with Crippen molar-refractivity contribution in [3.05, 3.63) is 86.2 Å². The van der Waals surface area contributed by atoms with Crippen LogP contribution in [0, 0.1) is 5.82 Å². The number of fused-ring (bicyclic) bond motifs is 1. The first-order valence-corrected chi connectivity index (χ1v) is 10.0. The number of aromatic nitrogens is 3. The zero-order valence-corrected chi connectivity index (χ0v) is 16.5. The molecule has 0 fully saturated rings. The normalized spacial score (nSPS) is 12.3. The molecule has 4 aromatic rings. The van der Waals surface area contributed by atoms with Gasteiger partial charge >= 0.3 is 0 Å². The van der Waals surface area contributed by atoms with Crippen LogP contribution in [0.4, 0.5) is 4.39 Å². The fourth-order valence-corrected chi connectivity index (χ4v) is 3.61. The number of thiazole rings is 1. The lowest BCUT2D eigenvalue weighted by Gasteiger charge is -2.03. The second kappa shape index (κ2) is 8.36. The third kappa shape index (κ3) is 4.41. The van der Waals surface area contributed by atoms with E-state index in [1.54, 1.807) is 24.3 Å². The number of nitrogens with zero attached hydrogens (tertiary/aromatic N) is 3. The predicted octanol–water partition coefficient (Wildman–Crippen LogP) is 3.80. The molecular weight excluding hydrogens is 389 g/mol. The summed E-state index contributed by atoms with van der Waals surface area (Å²) in [6.07, 6.45) is 6.25. The summed E-state index contributed by atoms with van der Waals surface area (Å²) in [5.41, 5.74) is 1.53. The number of benzene rings is 2. The highest BCUT2D eigenvalue weighted by Crippen LogP contribution is 2.13. The molecule has 0 amide bonds. The molecule has 0 saturated heterocycles. The fourth-order valence-electron chi connectivity index (χ4n) is 2.70. The molecule has 29 heavy (non-hydrogen) atoms. The van der Waals surface area contributed by atoms with Crippen LogP contribution in [-0.4, -0.2) is 21.2 Å². The van der Waals surface area contributed by atoms with Crippen LogP contribution in [0.5, 0.6) is 5.75 Å². The predicted molar refractivity (Wildman–Crippen MR) is 113 cm³/mol. The largest absolute Gasteiger partial charge is 0.494 e. The first-order chi connectivity index (χ1) is 14.1. The van der Waals surface area contributed by atoms with E-state index >= 15 is 0 Å². The van der Waals surface area contributed by atoms with Crippen molar-refractivity contribution in [1.29, 1.82) is 0 Å². The first-order valence-electron chi connectivity index (χ1n) is 9.20. The number of halogens is 1. The molecule has 0 saturated carbocycles. The topological polar surface area (TPSA) is 56.5 Å². The van der Waals surface area contributed by atoms with E-state index in [-0.39, 0.29) is 11.4 Å². The Balaban J connectivity index is 1.57. The lowest BCUT2D eigenvalue weighted by atomic mass is 10.2. The molecule has 0 bridgehead atoms. The van der Waals surface area contributed by atoms with Crippen molar-refractivity contribution in [2.45, 2.75) is 13.3 Å². The van der Waals surface area contributed by atoms with Crippen molar-refractivity contribution >= 4 is 34.5 Å². The lowest BCUT2D eigenvalue weighted by Crippen LogP contribution is -2.23. The summed E-state index contributed by atoms with van der Waals surface area (Å²) in [4.78, 5) is 17.5. The van der Waals surface area contributed by atoms with Gasteiger partial charge in [-0.25, -0.2) is 4.39 Å². The Morgan fingerprint density at radius 1 is 1.07 bits per heavy atom. The molecule has 146 valence electrons. The monoisotopic (exact) mass is 407 g/mol. The van der Waals surface area contributed by atoms with E-state index in [0.29, 0.717) is 21.9 Å². The van der Waals surface area contributed by atoms with Crippen molar-refractivity contribution in [3.63, 3.8) is 0 Å². The van der Waals surface area contributed by atoms with Gasteiger partial charge in [0, 0.05) is 0 Å². The van der Waals surface area contributed by atoms with Gasteiger partial charge in [0.05, 0.1) is 11.1 Å². The highest BCUT2D eigenvalue weighted by molar-refractivity contribution is 7.15. The van der Waals surface area contributed by atoms with Crippen molar-refractivity contribution in [2.75, 3.05) is 6.61 Å². The van der Waals surface area contributed by atoms with Gasteiger partial charge in [-0.05, 0) is 54.0 Å². The zero-order valence-electron chi connectivity index (χ0n) is 15.7. The first kappa shape index (κ1) is 19.0. The highest BCUT2D eigenvalue weighted by atomic mass is 32.1. The quantitative estimate of drug-likeness (QED) is 0.488. The maximum absolute atomic E-state index is 13.0. The second-order valence-corrected chi connectivity index (χ2v) is 7.39. The standard InChI is InChI=1S/C22H18FN3O2S/c1-2-13-28-18-10-5-16(6-11-18)14-19-21(27)26-22(29-19)24-20(25-26)12-7-15-3-8-17(23)9-4-15/h3-12,14H,2,13H2,1H3. The van der Waals surface area contributed by atoms with Crippen molar-refractivity contribution in [3.8, 4) is 5.75 Å². The molecule has 2 aromatic heterocycles. The maximum atomic E-state index is 13.0. The van der Waals surface area contributed by atoms with Gasteiger partial charge in [0.2, 0.25) is 4.96 Å². The Bertz CT molecular complexity index is 1260. The van der Waals surface area contributed by atoms with Crippen LogP contribution < -0.4 is 14.8 Å². The van der Waals surface area contributed by atoms with E-state index < -0.39 is 0 Å². The summed E-state index contributed by atoms with van der Waals surface area (Å²) >= 11 is 1.29. The van der Waals surface area contributed by atoms with Crippen LogP contribution >= 0.6 is 11.3 Å². The third-order valence-electron chi connectivity index (χ3n) is 4.14. The summed E-state index contributed by atoms with van der Waals surface area (Å²) in [6.45, 7) is 2.74. The molecule has 0 atom stereocenters. The van der Waals surface area contributed by atoms with Crippen LogP contribution in [0.15, 0.2) is 53.3 Å². The summed E-state index contributed by atoms with van der Waals surface area (Å²) in [5.74, 6) is 0.957. The molecule has 0 N–H and O–H groups in total. The molecule has 0 aliphatic carbocycles. The molecular formula is C22H18FN3O2S. The van der Waals surface area contributed by atoms with Gasteiger partial charge < -0.3 is 4.74 Å². The van der Waals surface area contributed by atoms with Crippen LogP contribution in [0.1, 0.15) is 30.3 Å². The second-order valence-electron chi connectivity index (χ2n) is 6.38.